The Labute approximate surface area is 351 Å². The predicted octanol–water partition coefficient (Wildman–Crippen LogP) is 10.6. The fourth-order valence-electron chi connectivity index (χ4n) is 9.48. The van der Waals surface area contributed by atoms with Crippen LogP contribution < -0.4 is 9.47 Å². The van der Waals surface area contributed by atoms with Gasteiger partial charge in [0.05, 0.1) is 24.6 Å². The molecule has 0 aliphatic heterocycles. The van der Waals surface area contributed by atoms with Crippen LogP contribution in [0.4, 0.5) is 9.59 Å². The normalized spacial score (nSPS) is 24.1. The van der Waals surface area contributed by atoms with Crippen molar-refractivity contribution in [2.75, 3.05) is 13.2 Å². The number of rotatable bonds is 11. The van der Waals surface area contributed by atoms with E-state index < -0.39 is 23.4 Å². The highest BCUT2D eigenvalue weighted by molar-refractivity contribution is 5.81. The molecule has 4 atom stereocenters. The number of aliphatic imine (C=N–C) groups is 2. The standard InChI is InChI=1S/C50H50N4O6/c1-5-39-37-25-33(3)29-49(39,51-31-35-15-9-7-10-16-35)41-19-21-45(53-43(41)27-37)59-47(55)57-23-13-14-24-58-48(56)60-46-22-20-42-44(54-46)28-38-26-34(4)30-50(42,40(38)6-2)52-32-36-17-11-8-12-18-36/h5-12,15-22,25-26,31-32,37-38H,13-14,23-24,27-30H2,1-4H3/b39-5+,40-6+,51-31?,52-32?. The van der Waals surface area contributed by atoms with Gasteiger partial charge in [0.2, 0.25) is 11.8 Å². The summed E-state index contributed by atoms with van der Waals surface area (Å²) in [7, 11) is 0. The van der Waals surface area contributed by atoms with Gasteiger partial charge in [0.25, 0.3) is 0 Å². The Hall–Kier alpha value is -6.42. The van der Waals surface area contributed by atoms with E-state index in [0.29, 0.717) is 25.7 Å². The van der Waals surface area contributed by atoms with Gasteiger partial charge in [-0.2, -0.15) is 0 Å². The summed E-state index contributed by atoms with van der Waals surface area (Å²) in [6, 6.07) is 27.5. The third-order valence-electron chi connectivity index (χ3n) is 11.9. The van der Waals surface area contributed by atoms with Crippen LogP contribution in [0.5, 0.6) is 11.8 Å². The molecular formula is C50H50N4O6. The molecule has 60 heavy (non-hydrogen) atoms. The van der Waals surface area contributed by atoms with Crippen molar-refractivity contribution >= 4 is 24.7 Å². The Morgan fingerprint density at radius 2 is 1.05 bits per heavy atom. The number of carbonyl (C=O) groups is 2. The molecule has 0 saturated heterocycles. The van der Waals surface area contributed by atoms with Gasteiger partial charge < -0.3 is 18.9 Å². The largest absolute Gasteiger partial charge is 0.515 e. The molecule has 0 amide bonds. The van der Waals surface area contributed by atoms with Gasteiger partial charge in [0.1, 0.15) is 11.1 Å². The molecule has 0 spiro atoms. The smallest absolute Gasteiger partial charge is 0.434 e. The topological polar surface area (TPSA) is 122 Å². The van der Waals surface area contributed by atoms with Crippen LogP contribution in [-0.4, -0.2) is 47.9 Å². The molecule has 4 aliphatic rings. The maximum atomic E-state index is 12.7. The van der Waals surface area contributed by atoms with Crippen LogP contribution in [0.3, 0.4) is 0 Å². The van der Waals surface area contributed by atoms with Crippen LogP contribution in [0.15, 0.2) is 142 Å². The summed E-state index contributed by atoms with van der Waals surface area (Å²) in [5.74, 6) is 0.661. The molecule has 0 radical (unpaired) electrons. The van der Waals surface area contributed by atoms with E-state index in [-0.39, 0.29) is 36.8 Å². The van der Waals surface area contributed by atoms with Gasteiger partial charge in [0, 0.05) is 73.2 Å². The van der Waals surface area contributed by atoms with E-state index >= 15 is 0 Å². The highest BCUT2D eigenvalue weighted by Gasteiger charge is 2.48. The Morgan fingerprint density at radius 3 is 1.45 bits per heavy atom. The number of hydrogen-bond acceptors (Lipinski definition) is 10. The van der Waals surface area contributed by atoms with Gasteiger partial charge in [-0.05, 0) is 74.9 Å². The van der Waals surface area contributed by atoms with Gasteiger partial charge in [-0.25, -0.2) is 19.6 Å². The lowest BCUT2D eigenvalue weighted by Crippen LogP contribution is -2.40. The number of allylic oxidation sites excluding steroid dienone is 4. The second-order valence-electron chi connectivity index (χ2n) is 15.9. The number of ether oxygens (including phenoxy) is 4. The van der Waals surface area contributed by atoms with Crippen LogP contribution in [0.1, 0.15) is 87.0 Å². The summed E-state index contributed by atoms with van der Waals surface area (Å²) in [6.45, 7) is 8.62. The number of hydrogen-bond donors (Lipinski definition) is 0. The van der Waals surface area contributed by atoms with E-state index in [1.807, 2.05) is 85.2 Å². The number of unbranched alkanes of at least 4 members (excludes halogenated alkanes) is 1. The quantitative estimate of drug-likeness (QED) is 0.0636. The minimum absolute atomic E-state index is 0.0838. The van der Waals surface area contributed by atoms with E-state index in [1.54, 1.807) is 12.1 Å². The third kappa shape index (κ3) is 8.24. The molecule has 2 heterocycles. The van der Waals surface area contributed by atoms with E-state index in [9.17, 15) is 9.59 Å². The first kappa shape index (κ1) is 40.4. The highest BCUT2D eigenvalue weighted by atomic mass is 16.7. The van der Waals surface area contributed by atoms with Gasteiger partial charge in [-0.3, -0.25) is 9.98 Å². The molecule has 10 heteroatoms. The summed E-state index contributed by atoms with van der Waals surface area (Å²) in [5, 5.41) is 0. The van der Waals surface area contributed by atoms with Crippen molar-refractivity contribution in [1.29, 1.82) is 0 Å². The first-order valence-corrected chi connectivity index (χ1v) is 20.8. The van der Waals surface area contributed by atoms with Crippen molar-refractivity contribution in [2.24, 2.45) is 21.8 Å². The van der Waals surface area contributed by atoms with Crippen molar-refractivity contribution < 1.29 is 28.5 Å². The number of carbonyl (C=O) groups excluding carboxylic acids is 2. The predicted molar refractivity (Wildman–Crippen MR) is 232 cm³/mol. The van der Waals surface area contributed by atoms with E-state index in [4.69, 9.17) is 38.9 Å². The van der Waals surface area contributed by atoms with Crippen LogP contribution >= 0.6 is 0 Å². The summed E-state index contributed by atoms with van der Waals surface area (Å²) >= 11 is 0. The first-order valence-electron chi connectivity index (χ1n) is 20.8. The number of aromatic nitrogens is 2. The van der Waals surface area contributed by atoms with Gasteiger partial charge in [0.15, 0.2) is 0 Å². The van der Waals surface area contributed by atoms with Gasteiger partial charge in [-0.15, -0.1) is 0 Å². The summed E-state index contributed by atoms with van der Waals surface area (Å²) in [4.78, 5) is 45.3. The fraction of sp³-hybridized carbons (Fsp3) is 0.320. The molecule has 8 rings (SSSR count). The molecule has 0 saturated carbocycles. The fourth-order valence-corrected chi connectivity index (χ4v) is 9.48. The van der Waals surface area contributed by atoms with Gasteiger partial charge >= 0.3 is 12.3 Å². The number of benzene rings is 2. The lowest BCUT2D eigenvalue weighted by atomic mass is 9.63. The van der Waals surface area contributed by atoms with E-state index in [2.05, 4.69) is 52.0 Å². The second kappa shape index (κ2) is 17.4. The first-order chi connectivity index (χ1) is 29.2. The van der Waals surface area contributed by atoms with Gasteiger partial charge in [-0.1, -0.05) is 96.1 Å². The zero-order valence-electron chi connectivity index (χ0n) is 34.6. The van der Waals surface area contributed by atoms with Crippen molar-refractivity contribution in [2.45, 2.75) is 77.3 Å². The second-order valence-corrected chi connectivity index (χ2v) is 15.9. The zero-order valence-corrected chi connectivity index (χ0v) is 34.6. The molecule has 4 aromatic rings. The minimum atomic E-state index is -0.845. The molecule has 4 bridgehead atoms. The van der Waals surface area contributed by atoms with E-state index in [0.717, 1.165) is 46.5 Å². The minimum Gasteiger partial charge on any atom is -0.434 e. The summed E-state index contributed by atoms with van der Waals surface area (Å²) in [6.07, 6.45) is 14.9. The third-order valence-corrected chi connectivity index (χ3v) is 11.9. The molecule has 4 aliphatic carbocycles. The maximum absolute atomic E-state index is 12.7. The molecule has 306 valence electrons. The lowest BCUT2D eigenvalue weighted by molar-refractivity contribution is 0.0826. The van der Waals surface area contributed by atoms with Crippen LogP contribution in [0.25, 0.3) is 0 Å². The average molecular weight is 803 g/mol. The number of nitrogens with zero attached hydrogens (tertiary/aromatic N) is 4. The van der Waals surface area contributed by atoms with Crippen molar-refractivity contribution in [3.8, 4) is 11.8 Å². The van der Waals surface area contributed by atoms with Crippen molar-refractivity contribution in [3.05, 3.63) is 165 Å². The molecular weight excluding hydrogens is 753 g/mol. The SMILES string of the molecule is C/C=C1\C2C=C(C)CC1(N=Cc1ccccc1)c1ccc(OC(=O)OCCCCOC(=O)Oc3ccc4c(n3)CC3C=C(C)CC4(N=Cc4ccccc4)/C3=C/C)nc1C2. The number of pyridine rings is 2. The Kier molecular flexibility index (Phi) is 11.7. The molecule has 4 unspecified atom stereocenters. The summed E-state index contributed by atoms with van der Waals surface area (Å²) in [5.41, 5.74) is 9.74. The van der Waals surface area contributed by atoms with Crippen LogP contribution in [0.2, 0.25) is 0 Å². The molecule has 2 aromatic carbocycles. The van der Waals surface area contributed by atoms with Crippen molar-refractivity contribution in [3.63, 3.8) is 0 Å². The molecule has 0 N–H and O–H groups in total. The van der Waals surface area contributed by atoms with Crippen LogP contribution in [-0.2, 0) is 33.4 Å². The van der Waals surface area contributed by atoms with Crippen molar-refractivity contribution in [1.82, 2.24) is 9.97 Å². The number of fused-ring (bicyclic) bond motifs is 8. The Balaban J connectivity index is 0.829. The zero-order chi connectivity index (χ0) is 41.7. The molecule has 2 aromatic heterocycles. The average Bonchev–Trinajstić information content (AvgIpc) is 3.23. The Bertz CT molecular complexity index is 2280. The van der Waals surface area contributed by atoms with E-state index in [1.165, 1.54) is 22.3 Å². The lowest BCUT2D eigenvalue weighted by Gasteiger charge is -2.45. The molecule has 0 fully saturated rings. The maximum Gasteiger partial charge on any atom is 0.515 e. The highest BCUT2D eigenvalue weighted by Crippen LogP contribution is 2.54. The summed E-state index contributed by atoms with van der Waals surface area (Å²) < 4.78 is 21.7. The monoisotopic (exact) mass is 802 g/mol. The Morgan fingerprint density at radius 1 is 0.633 bits per heavy atom. The van der Waals surface area contributed by atoms with Crippen LogP contribution in [0, 0.1) is 11.8 Å². The molecule has 10 nitrogen and oxygen atoms in total.